The Hall–Kier alpha value is -4.05. The van der Waals surface area contributed by atoms with Gasteiger partial charge in [0.25, 0.3) is 20.0 Å². The van der Waals surface area contributed by atoms with Crippen molar-refractivity contribution in [3.63, 3.8) is 0 Å². The number of benzene rings is 5. The average molecular weight is 894 g/mol. The maximum Gasteiger partial charge on any atom is 0.284 e. The van der Waals surface area contributed by atoms with E-state index in [9.17, 15) is 8.42 Å². The largest absolute Gasteiger partial charge is 0.294 e. The monoisotopic (exact) mass is 893 g/mol. The number of para-hydroxylation sites is 1. The van der Waals surface area contributed by atoms with Crippen molar-refractivity contribution in [2.24, 2.45) is 4.40 Å². The molecule has 0 aromatic heterocycles. The van der Waals surface area contributed by atoms with Crippen molar-refractivity contribution in [1.29, 1.82) is 0 Å². The normalized spacial score (nSPS) is 16.3. The third-order valence-corrected chi connectivity index (χ3v) is 12.2. The Balaban J connectivity index is 1.64. The van der Waals surface area contributed by atoms with E-state index in [1.165, 1.54) is 24.3 Å². The molecule has 0 N–H and O–H groups in total. The lowest BCUT2D eigenvalue weighted by Crippen LogP contribution is -2.48. The summed E-state index contributed by atoms with van der Waals surface area (Å²) in [7, 11) is -8.91. The van der Waals surface area contributed by atoms with Gasteiger partial charge in [0.15, 0.2) is 5.84 Å². The topological polar surface area (TPSA) is 87.1 Å². The van der Waals surface area contributed by atoms with Crippen molar-refractivity contribution in [1.82, 2.24) is 4.31 Å². The van der Waals surface area contributed by atoms with Crippen LogP contribution in [0.2, 0.25) is 0 Å². The minimum Gasteiger partial charge on any atom is -0.294 e. The molecule has 2 heterocycles. The minimum atomic E-state index is -4.49. The number of allylic oxidation sites excluding steroid dienone is 1. The number of hydrogen-bond acceptors (Lipinski definition) is 5. The van der Waals surface area contributed by atoms with Gasteiger partial charge in [0, 0.05) is 7.14 Å². The van der Waals surface area contributed by atoms with E-state index in [2.05, 4.69) is 49.6 Å². The van der Waals surface area contributed by atoms with Gasteiger partial charge in [0.05, 0.1) is 26.7 Å². The lowest BCUT2D eigenvalue weighted by molar-refractivity contribution is 0.550. The number of halogens is 2. The zero-order valence-corrected chi connectivity index (χ0v) is 30.9. The van der Waals surface area contributed by atoms with Gasteiger partial charge in [-0.15, -0.1) is 4.40 Å². The first-order chi connectivity index (χ1) is 23.1. The summed E-state index contributed by atoms with van der Waals surface area (Å²) in [6.07, 6.45) is 5.57. The van der Waals surface area contributed by atoms with Gasteiger partial charge in [-0.05, 0) is 129 Å². The quantitative estimate of drug-likeness (QED) is 0.160. The van der Waals surface area contributed by atoms with Crippen LogP contribution in [0.5, 0.6) is 0 Å². The smallest absolute Gasteiger partial charge is 0.284 e. The summed E-state index contributed by atoms with van der Waals surface area (Å²) in [4.78, 5) is 1.80. The van der Waals surface area contributed by atoms with Crippen molar-refractivity contribution in [2.75, 3.05) is 4.90 Å². The Morgan fingerprint density at radius 1 is 0.604 bits per heavy atom. The van der Waals surface area contributed by atoms with E-state index in [1.807, 2.05) is 102 Å². The van der Waals surface area contributed by atoms with Crippen LogP contribution in [0, 0.1) is 7.14 Å². The Bertz CT molecular complexity index is 2370. The number of rotatable bonds is 6. The molecule has 0 saturated carbocycles. The fourth-order valence-corrected chi connectivity index (χ4v) is 8.76. The lowest BCUT2D eigenvalue weighted by Gasteiger charge is -2.43. The summed E-state index contributed by atoms with van der Waals surface area (Å²) in [5.74, 6) is -0.0430. The second-order valence-electron chi connectivity index (χ2n) is 10.8. The van der Waals surface area contributed by atoms with Crippen LogP contribution in [0.25, 0.3) is 17.7 Å². The van der Waals surface area contributed by atoms with Crippen LogP contribution in [-0.4, -0.2) is 27.0 Å². The van der Waals surface area contributed by atoms with Crippen LogP contribution in [0.4, 0.5) is 5.69 Å². The molecule has 0 atom stereocenters. The average Bonchev–Trinajstić information content (AvgIpc) is 3.09. The van der Waals surface area contributed by atoms with Crippen LogP contribution in [-0.2, 0) is 20.0 Å². The number of fused-ring (bicyclic) bond motifs is 3. The zero-order chi connectivity index (χ0) is 33.5. The molecule has 2 aliphatic rings. The fourth-order valence-electron chi connectivity index (χ4n) is 5.57. The highest BCUT2D eigenvalue weighted by molar-refractivity contribution is 14.1. The van der Waals surface area contributed by atoms with E-state index in [4.69, 9.17) is 0 Å². The van der Waals surface area contributed by atoms with Crippen LogP contribution < -0.4 is 4.90 Å². The molecule has 0 aliphatic carbocycles. The molecular formula is C37H25I2N3O4S2. The minimum absolute atomic E-state index is 0.0158. The Labute approximate surface area is 307 Å². The second-order valence-corrected chi connectivity index (χ2v) is 16.7. The molecule has 0 saturated heterocycles. The van der Waals surface area contributed by atoms with Gasteiger partial charge in [-0.1, -0.05) is 84.9 Å². The van der Waals surface area contributed by atoms with E-state index in [0.29, 0.717) is 22.4 Å². The molecule has 238 valence electrons. The molecule has 11 heteroatoms. The van der Waals surface area contributed by atoms with Crippen LogP contribution in [0.3, 0.4) is 0 Å². The summed E-state index contributed by atoms with van der Waals surface area (Å²) in [5.41, 5.74) is 3.82. The predicted octanol–water partition coefficient (Wildman–Crippen LogP) is 8.63. The highest BCUT2D eigenvalue weighted by atomic mass is 127. The van der Waals surface area contributed by atoms with E-state index in [1.54, 1.807) is 30.3 Å². The van der Waals surface area contributed by atoms with Crippen molar-refractivity contribution < 1.29 is 16.8 Å². The van der Waals surface area contributed by atoms with Crippen molar-refractivity contribution >= 4 is 94.5 Å². The second kappa shape index (κ2) is 13.1. The van der Waals surface area contributed by atoms with Gasteiger partial charge in [0.2, 0.25) is 0 Å². The molecule has 5 aromatic carbocycles. The highest BCUT2D eigenvalue weighted by Gasteiger charge is 2.44. The molecule has 0 fully saturated rings. The van der Waals surface area contributed by atoms with Crippen LogP contribution in [0.1, 0.15) is 16.7 Å². The molecular weight excluding hydrogens is 868 g/mol. The molecule has 0 unspecified atom stereocenters. The number of nitrogens with zero attached hydrogens (tertiary/aromatic N) is 3. The molecule has 5 aromatic rings. The van der Waals surface area contributed by atoms with Crippen molar-refractivity contribution in [3.8, 4) is 0 Å². The SMILES string of the molecule is O=S(=O)(/N=C1\C(c2ccccc2)=C2C=Cc3ccccc3N2/C(=C\c2ccccc2)N1S(=O)(=O)c1ccc(I)cc1)c1ccc(I)cc1. The van der Waals surface area contributed by atoms with Gasteiger partial charge < -0.3 is 0 Å². The van der Waals surface area contributed by atoms with E-state index >= 15 is 8.42 Å². The Morgan fingerprint density at radius 3 is 1.81 bits per heavy atom. The van der Waals surface area contributed by atoms with Gasteiger partial charge in [-0.25, -0.2) is 8.42 Å². The Morgan fingerprint density at radius 2 is 1.17 bits per heavy atom. The fraction of sp³-hybridized carbons (Fsp3) is 0. The van der Waals surface area contributed by atoms with Crippen LogP contribution >= 0.6 is 45.2 Å². The van der Waals surface area contributed by atoms with E-state index in [0.717, 1.165) is 22.7 Å². The predicted molar refractivity (Wildman–Crippen MR) is 208 cm³/mol. The molecule has 2 aliphatic heterocycles. The van der Waals surface area contributed by atoms with Gasteiger partial charge in [0.1, 0.15) is 5.82 Å². The third-order valence-electron chi connectivity index (χ3n) is 7.78. The molecule has 48 heavy (non-hydrogen) atoms. The molecule has 7 rings (SSSR count). The van der Waals surface area contributed by atoms with Crippen molar-refractivity contribution in [3.05, 3.63) is 175 Å². The van der Waals surface area contributed by atoms with Crippen LogP contribution in [0.15, 0.2) is 165 Å². The zero-order valence-electron chi connectivity index (χ0n) is 25.0. The first kappa shape index (κ1) is 32.5. The summed E-state index contributed by atoms with van der Waals surface area (Å²) in [6, 6.07) is 38.9. The molecule has 0 amide bonds. The molecule has 0 spiro atoms. The standard InChI is InChI=1S/C37H25I2N3O4S2/c38-29-16-20-31(21-17-29)47(43,44)40-37-36(28-12-5-2-6-13-28)34-24-15-27-11-7-8-14-33(27)41(34)35(25-26-9-3-1-4-10-26)42(37)48(45,46)32-22-18-30(39)19-23-32/h1-25H/b35-25+,40-37+. The molecule has 7 nitrogen and oxygen atoms in total. The highest BCUT2D eigenvalue weighted by Crippen LogP contribution is 2.45. The maximum absolute atomic E-state index is 15.1. The Kier molecular flexibility index (Phi) is 8.87. The van der Waals surface area contributed by atoms with E-state index in [-0.39, 0.29) is 21.4 Å². The van der Waals surface area contributed by atoms with Crippen molar-refractivity contribution in [2.45, 2.75) is 9.79 Å². The molecule has 0 bridgehead atoms. The number of sulfonamides is 2. The molecule has 0 radical (unpaired) electrons. The number of hydrogen-bond donors (Lipinski definition) is 0. The number of amidine groups is 1. The van der Waals surface area contributed by atoms with E-state index < -0.39 is 20.0 Å². The van der Waals surface area contributed by atoms with Gasteiger partial charge in [-0.3, -0.25) is 4.90 Å². The first-order valence-corrected chi connectivity index (χ1v) is 19.7. The summed E-state index contributed by atoms with van der Waals surface area (Å²) in [5, 5.41) is 0. The summed E-state index contributed by atoms with van der Waals surface area (Å²) >= 11 is 4.22. The van der Waals surface area contributed by atoms with Gasteiger partial charge >= 0.3 is 0 Å². The number of anilines is 1. The summed E-state index contributed by atoms with van der Waals surface area (Å²) in [6.45, 7) is 0. The first-order valence-electron chi connectivity index (χ1n) is 14.7. The lowest BCUT2D eigenvalue weighted by atomic mass is 9.95. The van der Waals surface area contributed by atoms with Gasteiger partial charge in [-0.2, -0.15) is 12.7 Å². The summed E-state index contributed by atoms with van der Waals surface area (Å²) < 4.78 is 65.7. The maximum atomic E-state index is 15.1. The third kappa shape index (κ3) is 6.15.